The number of amides is 1. The van der Waals surface area contributed by atoms with Crippen LogP contribution in [0.25, 0.3) is 0 Å². The van der Waals surface area contributed by atoms with Crippen LogP contribution in [0.4, 0.5) is 0 Å². The largest absolute Gasteiger partial charge is 0.347 e. The summed E-state index contributed by atoms with van der Waals surface area (Å²) in [6.07, 6.45) is 0.787. The summed E-state index contributed by atoms with van der Waals surface area (Å²) >= 11 is 0. The zero-order valence-corrected chi connectivity index (χ0v) is 14.7. The number of benzene rings is 1. The summed E-state index contributed by atoms with van der Waals surface area (Å²) in [6, 6.07) is 12.9. The van der Waals surface area contributed by atoms with Crippen molar-refractivity contribution < 1.29 is 4.79 Å². The van der Waals surface area contributed by atoms with Crippen LogP contribution >= 0.6 is 0 Å². The van der Waals surface area contributed by atoms with E-state index in [1.165, 1.54) is 16.8 Å². The summed E-state index contributed by atoms with van der Waals surface area (Å²) in [5.41, 5.74) is 1.00. The number of nitrogens with one attached hydrogen (secondary N) is 1. The first kappa shape index (κ1) is 17.9. The zero-order chi connectivity index (χ0) is 17.7. The Morgan fingerprint density at radius 2 is 1.88 bits per heavy atom. The lowest BCUT2D eigenvalue weighted by atomic mass is 9.78. The molecule has 1 amide bonds. The molecule has 0 fully saturated rings. The van der Waals surface area contributed by atoms with Crippen LogP contribution in [-0.2, 0) is 12.0 Å². The highest BCUT2D eigenvalue weighted by Crippen LogP contribution is 2.26. The van der Waals surface area contributed by atoms with Crippen LogP contribution in [0.3, 0.4) is 0 Å². The molecule has 0 aliphatic carbocycles. The molecule has 1 atom stereocenters. The lowest BCUT2D eigenvalue weighted by Crippen LogP contribution is -2.46. The van der Waals surface area contributed by atoms with Gasteiger partial charge in [0.1, 0.15) is 5.69 Å². The fourth-order valence-electron chi connectivity index (χ4n) is 2.51. The van der Waals surface area contributed by atoms with Gasteiger partial charge in [-0.05, 0) is 25.0 Å². The highest BCUT2D eigenvalue weighted by molar-refractivity contribution is 5.92. The summed E-state index contributed by atoms with van der Waals surface area (Å²) in [6.45, 7) is 8.64. The summed E-state index contributed by atoms with van der Waals surface area (Å²) in [7, 11) is 0. The second kappa shape index (κ2) is 7.43. The predicted molar refractivity (Wildman–Crippen MR) is 95.2 cm³/mol. The SMILES string of the molecule is CCCn1nc(C(=O)NC(C)C(C)(C)c2ccccc2)ccc1=O. The topological polar surface area (TPSA) is 64.0 Å². The Hall–Kier alpha value is -2.43. The molecular weight excluding hydrogens is 302 g/mol. The molecule has 2 rings (SSSR count). The monoisotopic (exact) mass is 327 g/mol. The van der Waals surface area contributed by atoms with E-state index in [1.807, 2.05) is 32.0 Å². The van der Waals surface area contributed by atoms with Gasteiger partial charge in [-0.3, -0.25) is 9.59 Å². The maximum Gasteiger partial charge on any atom is 0.271 e. The normalized spacial score (nSPS) is 12.7. The molecule has 5 nitrogen and oxygen atoms in total. The highest BCUT2D eigenvalue weighted by Gasteiger charge is 2.29. The van der Waals surface area contributed by atoms with Crippen molar-refractivity contribution in [2.75, 3.05) is 0 Å². The second-order valence-corrected chi connectivity index (χ2v) is 6.56. The van der Waals surface area contributed by atoms with E-state index in [4.69, 9.17) is 0 Å². The minimum absolute atomic E-state index is 0.0965. The van der Waals surface area contributed by atoms with Gasteiger partial charge in [0.05, 0.1) is 0 Å². The molecule has 1 aromatic carbocycles. The number of aryl methyl sites for hydroxylation is 1. The average molecular weight is 327 g/mol. The fraction of sp³-hybridized carbons (Fsp3) is 0.421. The van der Waals surface area contributed by atoms with Crippen LogP contribution in [0, 0.1) is 0 Å². The summed E-state index contributed by atoms with van der Waals surface area (Å²) in [4.78, 5) is 24.2. The Morgan fingerprint density at radius 1 is 1.21 bits per heavy atom. The van der Waals surface area contributed by atoms with Crippen molar-refractivity contribution >= 4 is 5.91 Å². The third-order valence-corrected chi connectivity index (χ3v) is 4.48. The summed E-state index contributed by atoms with van der Waals surface area (Å²) < 4.78 is 1.34. The molecule has 2 aromatic rings. The third kappa shape index (κ3) is 3.91. The van der Waals surface area contributed by atoms with E-state index in [9.17, 15) is 9.59 Å². The Kier molecular flexibility index (Phi) is 5.54. The van der Waals surface area contributed by atoms with Gasteiger partial charge in [-0.25, -0.2) is 4.68 Å². The molecule has 0 aliphatic rings. The minimum atomic E-state index is -0.267. The molecule has 0 radical (unpaired) electrons. The average Bonchev–Trinajstić information content (AvgIpc) is 2.57. The van der Waals surface area contributed by atoms with Crippen LogP contribution in [0.1, 0.15) is 50.2 Å². The molecule has 0 aliphatic heterocycles. The molecule has 0 saturated heterocycles. The van der Waals surface area contributed by atoms with E-state index in [1.54, 1.807) is 0 Å². The lowest BCUT2D eigenvalue weighted by molar-refractivity contribution is 0.0916. The number of nitrogens with zero attached hydrogens (tertiary/aromatic N) is 2. The van der Waals surface area contributed by atoms with Crippen molar-refractivity contribution in [2.24, 2.45) is 0 Å². The van der Waals surface area contributed by atoms with Gasteiger partial charge in [0.15, 0.2) is 0 Å². The maximum absolute atomic E-state index is 12.5. The summed E-state index contributed by atoms with van der Waals surface area (Å²) in [5, 5.41) is 7.17. The first-order valence-electron chi connectivity index (χ1n) is 8.30. The van der Waals surface area contributed by atoms with Crippen LogP contribution in [-0.4, -0.2) is 21.7 Å². The highest BCUT2D eigenvalue weighted by atomic mass is 16.2. The molecule has 24 heavy (non-hydrogen) atoms. The van der Waals surface area contributed by atoms with Gasteiger partial charge in [0.25, 0.3) is 11.5 Å². The van der Waals surface area contributed by atoms with E-state index in [0.717, 1.165) is 12.0 Å². The third-order valence-electron chi connectivity index (χ3n) is 4.48. The van der Waals surface area contributed by atoms with Gasteiger partial charge < -0.3 is 5.32 Å². The quantitative estimate of drug-likeness (QED) is 0.887. The predicted octanol–water partition coefficient (Wildman–Crippen LogP) is 2.75. The van der Waals surface area contributed by atoms with Crippen molar-refractivity contribution in [1.82, 2.24) is 15.1 Å². The summed E-state index contributed by atoms with van der Waals surface area (Å²) in [5.74, 6) is -0.267. The number of carbonyl (C=O) groups excluding carboxylic acids is 1. The Bertz CT molecular complexity index is 751. The van der Waals surface area contributed by atoms with Gasteiger partial charge >= 0.3 is 0 Å². The van der Waals surface area contributed by atoms with Crippen LogP contribution < -0.4 is 10.9 Å². The second-order valence-electron chi connectivity index (χ2n) is 6.56. The molecule has 1 N–H and O–H groups in total. The van der Waals surface area contributed by atoms with Gasteiger partial charge in [0.2, 0.25) is 0 Å². The molecule has 0 saturated carbocycles. The molecule has 5 heteroatoms. The van der Waals surface area contributed by atoms with Crippen molar-refractivity contribution in [2.45, 2.75) is 52.1 Å². The molecule has 1 heterocycles. The fourth-order valence-corrected chi connectivity index (χ4v) is 2.51. The van der Waals surface area contributed by atoms with Crippen molar-refractivity contribution in [3.8, 4) is 0 Å². The number of rotatable bonds is 6. The van der Waals surface area contributed by atoms with E-state index < -0.39 is 0 Å². The zero-order valence-electron chi connectivity index (χ0n) is 14.7. The van der Waals surface area contributed by atoms with Crippen LogP contribution in [0.5, 0.6) is 0 Å². The van der Waals surface area contributed by atoms with Gasteiger partial charge in [-0.15, -0.1) is 0 Å². The van der Waals surface area contributed by atoms with E-state index in [2.05, 4.69) is 36.4 Å². The van der Waals surface area contributed by atoms with Crippen LogP contribution in [0.2, 0.25) is 0 Å². The standard InChI is InChI=1S/C19H25N3O2/c1-5-13-22-17(23)12-11-16(21-22)18(24)20-14(2)19(3,4)15-9-7-6-8-10-15/h6-12,14H,5,13H2,1-4H3,(H,20,24). The molecule has 0 spiro atoms. The number of carbonyl (C=O) groups is 1. The molecule has 1 aromatic heterocycles. The van der Waals surface area contributed by atoms with E-state index >= 15 is 0 Å². The lowest BCUT2D eigenvalue weighted by Gasteiger charge is -2.33. The van der Waals surface area contributed by atoms with Crippen molar-refractivity contribution in [1.29, 1.82) is 0 Å². The maximum atomic E-state index is 12.5. The number of hydrogen-bond donors (Lipinski definition) is 1. The molecule has 0 bridgehead atoms. The molecule has 1 unspecified atom stereocenters. The first-order valence-corrected chi connectivity index (χ1v) is 8.30. The van der Waals surface area contributed by atoms with Gasteiger partial charge in [0, 0.05) is 24.1 Å². The minimum Gasteiger partial charge on any atom is -0.347 e. The van der Waals surface area contributed by atoms with Gasteiger partial charge in [-0.2, -0.15) is 5.10 Å². The van der Waals surface area contributed by atoms with Crippen molar-refractivity contribution in [3.63, 3.8) is 0 Å². The van der Waals surface area contributed by atoms with Gasteiger partial charge in [-0.1, -0.05) is 51.1 Å². The van der Waals surface area contributed by atoms with Crippen LogP contribution in [0.15, 0.2) is 47.3 Å². The molecular formula is C19H25N3O2. The molecule has 128 valence electrons. The van der Waals surface area contributed by atoms with E-state index in [-0.39, 0.29) is 28.6 Å². The Morgan fingerprint density at radius 3 is 2.50 bits per heavy atom. The Balaban J connectivity index is 2.17. The first-order chi connectivity index (χ1) is 11.4. The Labute approximate surface area is 142 Å². The number of aromatic nitrogens is 2. The smallest absolute Gasteiger partial charge is 0.271 e. The number of hydrogen-bond acceptors (Lipinski definition) is 3. The van der Waals surface area contributed by atoms with Crippen molar-refractivity contribution in [3.05, 3.63) is 64.1 Å². The van der Waals surface area contributed by atoms with E-state index in [0.29, 0.717) is 6.54 Å².